The molecule has 1 saturated carbocycles. The van der Waals surface area contributed by atoms with Gasteiger partial charge in [0.05, 0.1) is 12.1 Å². The number of carbonyl (C=O) groups excluding carboxylic acids is 2. The summed E-state index contributed by atoms with van der Waals surface area (Å²) in [6.07, 6.45) is 2.97. The van der Waals surface area contributed by atoms with Crippen molar-refractivity contribution in [3.05, 3.63) is 0 Å². The van der Waals surface area contributed by atoms with Gasteiger partial charge >= 0.3 is 0 Å². The van der Waals surface area contributed by atoms with Gasteiger partial charge in [-0.2, -0.15) is 0 Å². The van der Waals surface area contributed by atoms with Crippen LogP contribution in [0.15, 0.2) is 0 Å². The third-order valence-electron chi connectivity index (χ3n) is 4.40. The van der Waals surface area contributed by atoms with Gasteiger partial charge in [-0.3, -0.25) is 9.59 Å². The lowest BCUT2D eigenvalue weighted by Crippen LogP contribution is -2.66. The van der Waals surface area contributed by atoms with Crippen LogP contribution in [0.2, 0.25) is 0 Å². The molecule has 0 spiro atoms. The molecule has 100 valence electrons. The summed E-state index contributed by atoms with van der Waals surface area (Å²) in [6, 6.07) is -0.608. The van der Waals surface area contributed by atoms with Crippen molar-refractivity contribution in [3.8, 4) is 0 Å². The zero-order valence-electron chi connectivity index (χ0n) is 10.9. The van der Waals surface area contributed by atoms with Gasteiger partial charge in [0.1, 0.15) is 12.1 Å². The highest BCUT2D eigenvalue weighted by atomic mass is 16.5. The van der Waals surface area contributed by atoms with E-state index in [1.54, 1.807) is 11.8 Å². The van der Waals surface area contributed by atoms with Crippen molar-refractivity contribution < 1.29 is 14.3 Å². The summed E-state index contributed by atoms with van der Waals surface area (Å²) in [7, 11) is 0. The van der Waals surface area contributed by atoms with Crippen LogP contribution >= 0.6 is 0 Å². The van der Waals surface area contributed by atoms with Gasteiger partial charge in [-0.25, -0.2) is 0 Å². The molecule has 0 radical (unpaired) electrons. The minimum Gasteiger partial charge on any atom is -0.376 e. The fourth-order valence-electron chi connectivity index (χ4n) is 3.10. The van der Waals surface area contributed by atoms with Gasteiger partial charge in [0.25, 0.3) is 0 Å². The van der Waals surface area contributed by atoms with Crippen molar-refractivity contribution in [2.75, 3.05) is 6.61 Å². The first kappa shape index (κ1) is 12.0. The molecule has 1 N–H and O–H groups in total. The minimum absolute atomic E-state index is 0.0226. The Morgan fingerprint density at radius 1 is 1.22 bits per heavy atom. The standard InChI is InChI=1S/C13H20N2O3/c1-7-12(16)14-11(9-3-4-9)13(17)15(7)10-5-6-18-8(10)2/h7-11H,3-6H2,1-2H3,(H,14,16). The van der Waals surface area contributed by atoms with Gasteiger partial charge in [0.2, 0.25) is 11.8 Å². The minimum atomic E-state index is -0.373. The van der Waals surface area contributed by atoms with Crippen LogP contribution in [0.5, 0.6) is 0 Å². The van der Waals surface area contributed by atoms with E-state index < -0.39 is 0 Å². The van der Waals surface area contributed by atoms with E-state index in [4.69, 9.17) is 4.74 Å². The number of nitrogens with zero attached hydrogens (tertiary/aromatic N) is 1. The molecule has 2 amide bonds. The van der Waals surface area contributed by atoms with Gasteiger partial charge in [0, 0.05) is 6.61 Å². The first-order valence-corrected chi connectivity index (χ1v) is 6.83. The van der Waals surface area contributed by atoms with Crippen LogP contribution in [-0.4, -0.2) is 47.6 Å². The van der Waals surface area contributed by atoms with E-state index in [1.165, 1.54) is 0 Å². The van der Waals surface area contributed by atoms with Gasteiger partial charge in [-0.05, 0) is 39.0 Å². The van der Waals surface area contributed by atoms with Crippen molar-refractivity contribution in [3.63, 3.8) is 0 Å². The third-order valence-corrected chi connectivity index (χ3v) is 4.40. The topological polar surface area (TPSA) is 58.6 Å². The molecule has 18 heavy (non-hydrogen) atoms. The maximum atomic E-state index is 12.6. The van der Waals surface area contributed by atoms with Crippen molar-refractivity contribution in [1.82, 2.24) is 10.2 Å². The highest BCUT2D eigenvalue weighted by Crippen LogP contribution is 2.36. The second kappa shape index (κ2) is 4.23. The molecule has 1 aliphatic carbocycles. The van der Waals surface area contributed by atoms with E-state index in [1.807, 2.05) is 6.92 Å². The molecule has 4 unspecified atom stereocenters. The van der Waals surface area contributed by atoms with Gasteiger partial charge in [-0.15, -0.1) is 0 Å². The summed E-state index contributed by atoms with van der Waals surface area (Å²) in [5, 5.41) is 2.88. The molecule has 5 heteroatoms. The number of amides is 2. The average molecular weight is 252 g/mol. The Bertz CT molecular complexity index is 380. The maximum absolute atomic E-state index is 12.6. The predicted octanol–water partition coefficient (Wildman–Crippen LogP) is 0.289. The fourth-order valence-corrected chi connectivity index (χ4v) is 3.10. The fraction of sp³-hybridized carbons (Fsp3) is 0.846. The molecule has 0 aromatic heterocycles. The largest absolute Gasteiger partial charge is 0.376 e. The molecule has 3 rings (SSSR count). The first-order valence-electron chi connectivity index (χ1n) is 6.83. The van der Waals surface area contributed by atoms with Gasteiger partial charge in [0.15, 0.2) is 0 Å². The third kappa shape index (κ3) is 1.81. The normalized spacial score (nSPS) is 41.1. The molecular formula is C13H20N2O3. The Morgan fingerprint density at radius 3 is 2.50 bits per heavy atom. The number of rotatable bonds is 2. The molecular weight excluding hydrogens is 232 g/mol. The Hall–Kier alpha value is -1.10. The number of hydrogen-bond donors (Lipinski definition) is 1. The Kier molecular flexibility index (Phi) is 2.81. The molecule has 3 fully saturated rings. The number of carbonyl (C=O) groups is 2. The molecule has 0 aromatic carbocycles. The van der Waals surface area contributed by atoms with Crippen molar-refractivity contribution in [2.24, 2.45) is 5.92 Å². The first-order chi connectivity index (χ1) is 8.59. The van der Waals surface area contributed by atoms with E-state index in [0.717, 1.165) is 19.3 Å². The summed E-state index contributed by atoms with van der Waals surface area (Å²) in [5.74, 6) is 0.423. The van der Waals surface area contributed by atoms with Crippen molar-refractivity contribution in [1.29, 1.82) is 0 Å². The Morgan fingerprint density at radius 2 is 1.94 bits per heavy atom. The van der Waals surface area contributed by atoms with Crippen LogP contribution in [0.1, 0.15) is 33.1 Å². The summed E-state index contributed by atoms with van der Waals surface area (Å²) in [4.78, 5) is 26.3. The molecule has 0 bridgehead atoms. The molecule has 0 aromatic rings. The van der Waals surface area contributed by atoms with E-state index in [9.17, 15) is 9.59 Å². The molecule has 3 aliphatic rings. The summed E-state index contributed by atoms with van der Waals surface area (Å²) >= 11 is 0. The van der Waals surface area contributed by atoms with Gasteiger partial charge < -0.3 is 15.0 Å². The van der Waals surface area contributed by atoms with E-state index in [2.05, 4.69) is 5.32 Å². The predicted molar refractivity (Wildman–Crippen MR) is 64.8 cm³/mol. The van der Waals surface area contributed by atoms with Gasteiger partial charge in [-0.1, -0.05) is 0 Å². The van der Waals surface area contributed by atoms with Crippen molar-refractivity contribution in [2.45, 2.75) is 57.3 Å². The van der Waals surface area contributed by atoms with Crippen LogP contribution in [0.3, 0.4) is 0 Å². The van der Waals surface area contributed by atoms with Crippen LogP contribution in [0.4, 0.5) is 0 Å². The maximum Gasteiger partial charge on any atom is 0.246 e. The summed E-state index contributed by atoms with van der Waals surface area (Å²) < 4.78 is 5.54. The second-order valence-corrected chi connectivity index (χ2v) is 5.68. The lowest BCUT2D eigenvalue weighted by atomic mass is 9.99. The Balaban J connectivity index is 1.84. The van der Waals surface area contributed by atoms with Crippen LogP contribution in [-0.2, 0) is 14.3 Å². The molecule has 2 saturated heterocycles. The van der Waals surface area contributed by atoms with Crippen molar-refractivity contribution >= 4 is 11.8 Å². The monoisotopic (exact) mass is 252 g/mol. The highest BCUT2D eigenvalue weighted by molar-refractivity contribution is 5.97. The van der Waals surface area contributed by atoms with Crippen LogP contribution in [0, 0.1) is 5.92 Å². The lowest BCUT2D eigenvalue weighted by molar-refractivity contribution is -0.153. The SMILES string of the molecule is CC1OCCC1N1C(=O)C(C2CC2)NC(=O)C1C. The van der Waals surface area contributed by atoms with Crippen LogP contribution < -0.4 is 5.32 Å². The number of piperazine rings is 1. The molecule has 5 nitrogen and oxygen atoms in total. The van der Waals surface area contributed by atoms with E-state index in [-0.39, 0.29) is 36.0 Å². The van der Waals surface area contributed by atoms with E-state index in [0.29, 0.717) is 12.5 Å². The number of hydrogen-bond acceptors (Lipinski definition) is 3. The molecule has 2 aliphatic heterocycles. The number of nitrogens with one attached hydrogen (secondary N) is 1. The second-order valence-electron chi connectivity index (χ2n) is 5.68. The zero-order valence-corrected chi connectivity index (χ0v) is 10.9. The smallest absolute Gasteiger partial charge is 0.246 e. The van der Waals surface area contributed by atoms with E-state index >= 15 is 0 Å². The Labute approximate surface area is 107 Å². The summed E-state index contributed by atoms with van der Waals surface area (Å²) in [5.41, 5.74) is 0. The zero-order chi connectivity index (χ0) is 12.9. The number of ether oxygens (including phenoxy) is 1. The average Bonchev–Trinajstić information content (AvgIpc) is 3.09. The molecule has 2 heterocycles. The molecule has 4 atom stereocenters. The van der Waals surface area contributed by atoms with Crippen LogP contribution in [0.25, 0.3) is 0 Å². The summed E-state index contributed by atoms with van der Waals surface area (Å²) in [6.45, 7) is 4.47. The lowest BCUT2D eigenvalue weighted by Gasteiger charge is -2.42. The highest BCUT2D eigenvalue weighted by Gasteiger charge is 2.49. The quantitative estimate of drug-likeness (QED) is 0.768.